The molecule has 2 aromatic carbocycles. The Hall–Kier alpha value is -1.44. The molecule has 2 aromatic rings. The van der Waals surface area contributed by atoms with Gasteiger partial charge in [0, 0.05) is 0 Å². The van der Waals surface area contributed by atoms with E-state index in [0.717, 1.165) is 12.8 Å². The molecular weight excluding hydrogens is 443 g/mol. The van der Waals surface area contributed by atoms with Crippen molar-refractivity contribution in [3.8, 4) is 0 Å². The van der Waals surface area contributed by atoms with Crippen LogP contribution in [0.5, 0.6) is 0 Å². The molecule has 0 amide bonds. The SMILES string of the molecule is CC1=[C-]CC=C1C.CC1=[C-]CC=C1C.[Cl-].[Cl-].[Ti+2]=[C](c1ccccc1)c1ccccc1. The normalized spacial score (nSPS) is 13.5. The van der Waals surface area contributed by atoms with E-state index in [-0.39, 0.29) is 24.8 Å². The van der Waals surface area contributed by atoms with Gasteiger partial charge in [-0.25, -0.2) is 22.3 Å². The molecule has 0 fully saturated rings. The molecule has 0 unspecified atom stereocenters. The molecule has 156 valence electrons. The Bertz CT molecular complexity index is 797. The number of allylic oxidation sites excluding steroid dienone is 8. The predicted octanol–water partition coefficient (Wildman–Crippen LogP) is 0.982. The van der Waals surface area contributed by atoms with E-state index in [4.69, 9.17) is 0 Å². The van der Waals surface area contributed by atoms with Gasteiger partial charge in [0.05, 0.1) is 0 Å². The first-order valence-electron chi connectivity index (χ1n) is 9.67. The van der Waals surface area contributed by atoms with Crippen molar-refractivity contribution in [2.75, 3.05) is 0 Å². The fourth-order valence-corrected chi connectivity index (χ4v) is 3.20. The zero-order valence-electron chi connectivity index (χ0n) is 18.1. The van der Waals surface area contributed by atoms with Crippen LogP contribution in [0.3, 0.4) is 0 Å². The Morgan fingerprint density at radius 1 is 0.633 bits per heavy atom. The number of hydrogen-bond acceptors (Lipinski definition) is 0. The molecule has 3 heteroatoms. The standard InChI is InChI=1S/C13H10.2C7H9.2ClH.Ti/c1-3-7-12(8-4-1)11-13-9-5-2-6-10-13;2*1-6-4-3-5-7(6)2;;;/h1-10H;2*4H,3H2,1-2H3;2*1H;/q;2*-1;;;+2/p-2. The van der Waals surface area contributed by atoms with E-state index in [0.29, 0.717) is 0 Å². The second-order valence-electron chi connectivity index (χ2n) is 6.89. The Labute approximate surface area is 206 Å². The van der Waals surface area contributed by atoms with Crippen molar-refractivity contribution in [3.63, 3.8) is 0 Å². The van der Waals surface area contributed by atoms with E-state index in [1.54, 1.807) is 0 Å². The molecule has 30 heavy (non-hydrogen) atoms. The van der Waals surface area contributed by atoms with E-state index < -0.39 is 0 Å². The van der Waals surface area contributed by atoms with Gasteiger partial charge in [0.15, 0.2) is 0 Å². The van der Waals surface area contributed by atoms with Crippen molar-refractivity contribution < 1.29 is 44.8 Å². The molecular formula is C27H28Cl2Ti-2. The van der Waals surface area contributed by atoms with Crippen LogP contribution in [0.1, 0.15) is 51.7 Å². The van der Waals surface area contributed by atoms with Gasteiger partial charge in [0.2, 0.25) is 0 Å². The van der Waals surface area contributed by atoms with E-state index in [1.165, 1.54) is 37.2 Å². The van der Waals surface area contributed by atoms with Crippen LogP contribution < -0.4 is 24.8 Å². The molecule has 0 spiro atoms. The fraction of sp³-hybridized carbons (Fsp3) is 0.222. The third kappa shape index (κ3) is 9.58. The van der Waals surface area contributed by atoms with E-state index in [1.807, 2.05) is 12.1 Å². The Morgan fingerprint density at radius 3 is 1.17 bits per heavy atom. The van der Waals surface area contributed by atoms with Gasteiger partial charge in [-0.1, -0.05) is 13.8 Å². The first-order valence-corrected chi connectivity index (χ1v) is 10.5. The van der Waals surface area contributed by atoms with Gasteiger partial charge < -0.3 is 24.8 Å². The van der Waals surface area contributed by atoms with Crippen LogP contribution in [-0.4, -0.2) is 3.81 Å². The summed E-state index contributed by atoms with van der Waals surface area (Å²) in [6.45, 7) is 8.43. The summed E-state index contributed by atoms with van der Waals surface area (Å²) in [7, 11) is 0. The average Bonchev–Trinajstić information content (AvgIpc) is 3.30. The summed E-state index contributed by atoms with van der Waals surface area (Å²) in [5.41, 5.74) is 8.00. The predicted molar refractivity (Wildman–Crippen MR) is 118 cm³/mol. The van der Waals surface area contributed by atoms with Crippen LogP contribution >= 0.6 is 0 Å². The number of hydrogen-bond donors (Lipinski definition) is 0. The van der Waals surface area contributed by atoms with Crippen LogP contribution in [0, 0.1) is 12.2 Å². The molecule has 0 nitrogen and oxygen atoms in total. The van der Waals surface area contributed by atoms with Gasteiger partial charge in [-0.3, -0.25) is 12.2 Å². The third-order valence-corrected chi connectivity index (χ3v) is 5.76. The summed E-state index contributed by atoms with van der Waals surface area (Å²) in [6.07, 6.45) is 12.8. The topological polar surface area (TPSA) is 0 Å². The van der Waals surface area contributed by atoms with E-state index >= 15 is 0 Å². The quantitative estimate of drug-likeness (QED) is 0.453. The Morgan fingerprint density at radius 2 is 0.967 bits per heavy atom. The summed E-state index contributed by atoms with van der Waals surface area (Å²) in [6, 6.07) is 20.9. The fourth-order valence-electron chi connectivity index (χ4n) is 2.68. The number of benzene rings is 2. The van der Waals surface area contributed by atoms with Gasteiger partial charge in [0.1, 0.15) is 0 Å². The Balaban J connectivity index is 0.000000448. The van der Waals surface area contributed by atoms with Gasteiger partial charge in [0.25, 0.3) is 0 Å². The van der Waals surface area contributed by atoms with Gasteiger partial charge in [-0.05, 0) is 0 Å². The molecule has 0 saturated carbocycles. The van der Waals surface area contributed by atoms with Crippen molar-refractivity contribution in [2.45, 2.75) is 40.5 Å². The molecule has 0 N–H and O–H groups in total. The summed E-state index contributed by atoms with van der Waals surface area (Å²) in [4.78, 5) is 0. The molecule has 0 atom stereocenters. The molecule has 0 aromatic heterocycles. The van der Waals surface area contributed by atoms with E-state index in [2.05, 4.69) is 121 Å². The zero-order valence-corrected chi connectivity index (χ0v) is 21.2. The van der Waals surface area contributed by atoms with Crippen LogP contribution in [0.25, 0.3) is 0 Å². The van der Waals surface area contributed by atoms with Crippen molar-refractivity contribution in [3.05, 3.63) is 118 Å². The summed E-state index contributed by atoms with van der Waals surface area (Å²) >= 11 is 2.16. The van der Waals surface area contributed by atoms with Gasteiger partial charge in [-0.2, -0.15) is 12.2 Å². The second kappa shape index (κ2) is 15.4. The Kier molecular flexibility index (Phi) is 14.6. The average molecular weight is 471 g/mol. The van der Waals surface area contributed by atoms with Gasteiger partial charge >= 0.3 is 95.6 Å². The molecule has 0 saturated heterocycles. The minimum absolute atomic E-state index is 0. The molecule has 4 rings (SSSR count). The first kappa shape index (κ1) is 28.6. The molecule has 2 aliphatic carbocycles. The monoisotopic (exact) mass is 470 g/mol. The van der Waals surface area contributed by atoms with Crippen LogP contribution in [0.15, 0.2) is 95.1 Å². The van der Waals surface area contributed by atoms with Crippen molar-refractivity contribution in [2.24, 2.45) is 0 Å². The van der Waals surface area contributed by atoms with Gasteiger partial charge in [-0.15, -0.1) is 26.7 Å². The number of halogens is 2. The molecule has 0 aliphatic heterocycles. The maximum absolute atomic E-state index is 3.19. The first-order chi connectivity index (χ1) is 13.5. The number of rotatable bonds is 2. The molecule has 0 radical (unpaired) electrons. The van der Waals surface area contributed by atoms with Crippen LogP contribution in [-0.2, 0) is 20.0 Å². The van der Waals surface area contributed by atoms with Crippen molar-refractivity contribution in [1.29, 1.82) is 0 Å². The zero-order chi connectivity index (χ0) is 20.4. The van der Waals surface area contributed by atoms with Crippen molar-refractivity contribution >= 4 is 3.81 Å². The summed E-state index contributed by atoms with van der Waals surface area (Å²) in [5, 5.41) is 0. The second-order valence-corrected chi connectivity index (χ2v) is 7.67. The molecule has 0 heterocycles. The molecule has 0 bridgehead atoms. The van der Waals surface area contributed by atoms with E-state index in [9.17, 15) is 0 Å². The third-order valence-electron chi connectivity index (χ3n) is 4.86. The van der Waals surface area contributed by atoms with Crippen LogP contribution in [0.4, 0.5) is 0 Å². The minimum atomic E-state index is 0. The van der Waals surface area contributed by atoms with Crippen molar-refractivity contribution in [1.82, 2.24) is 0 Å². The van der Waals surface area contributed by atoms with Crippen LogP contribution in [0.2, 0.25) is 0 Å². The molecule has 2 aliphatic rings. The summed E-state index contributed by atoms with van der Waals surface area (Å²) < 4.78 is 1.33. The summed E-state index contributed by atoms with van der Waals surface area (Å²) in [5.74, 6) is 0. The maximum atomic E-state index is 3.19.